The molecule has 1 aromatic carbocycles. The molecule has 0 bridgehead atoms. The number of aromatic nitrogens is 2. The molecule has 2 aromatic rings. The monoisotopic (exact) mass is 331 g/mol. The molecule has 0 aliphatic carbocycles. The number of hydrogen-bond acceptors (Lipinski definition) is 4. The van der Waals surface area contributed by atoms with E-state index in [9.17, 15) is 17.2 Å². The molecule has 0 aliphatic heterocycles. The standard InChI is InChI=1S/C13H15F2N3O3S/c1-9-7-13(18(2)16-9)17-22(19,20)11-5-3-10(4-6-11)21-8-12(14)15/h3-7,12,17H,8H2,1-2H3. The van der Waals surface area contributed by atoms with Crippen molar-refractivity contribution in [3.63, 3.8) is 0 Å². The van der Waals surface area contributed by atoms with Gasteiger partial charge in [-0.25, -0.2) is 17.2 Å². The van der Waals surface area contributed by atoms with Gasteiger partial charge < -0.3 is 4.74 Å². The molecule has 22 heavy (non-hydrogen) atoms. The number of nitrogens with zero attached hydrogens (tertiary/aromatic N) is 2. The Bertz CT molecular complexity index is 742. The molecular weight excluding hydrogens is 316 g/mol. The normalized spacial score (nSPS) is 11.7. The van der Waals surface area contributed by atoms with Crippen LogP contribution in [0.5, 0.6) is 5.75 Å². The largest absolute Gasteiger partial charge is 0.488 e. The maximum absolute atomic E-state index is 12.2. The van der Waals surface area contributed by atoms with Crippen LogP contribution in [0.25, 0.3) is 0 Å². The lowest BCUT2D eigenvalue weighted by Crippen LogP contribution is -2.15. The summed E-state index contributed by atoms with van der Waals surface area (Å²) in [6.07, 6.45) is -2.59. The molecule has 0 saturated heterocycles. The van der Waals surface area contributed by atoms with Gasteiger partial charge in [0.25, 0.3) is 16.4 Å². The van der Waals surface area contributed by atoms with E-state index in [2.05, 4.69) is 9.82 Å². The van der Waals surface area contributed by atoms with E-state index in [4.69, 9.17) is 4.74 Å². The van der Waals surface area contributed by atoms with Crippen molar-refractivity contribution < 1.29 is 21.9 Å². The molecule has 9 heteroatoms. The van der Waals surface area contributed by atoms with Crippen molar-refractivity contribution in [2.75, 3.05) is 11.3 Å². The van der Waals surface area contributed by atoms with Gasteiger partial charge in [-0.1, -0.05) is 0 Å². The third kappa shape index (κ3) is 3.94. The summed E-state index contributed by atoms with van der Waals surface area (Å²) in [4.78, 5) is -0.00394. The zero-order chi connectivity index (χ0) is 16.3. The second-order valence-corrected chi connectivity index (χ2v) is 6.26. The number of alkyl halides is 2. The lowest BCUT2D eigenvalue weighted by molar-refractivity contribution is 0.0819. The van der Waals surface area contributed by atoms with Crippen LogP contribution in [0.2, 0.25) is 0 Å². The number of aryl methyl sites for hydroxylation is 2. The molecule has 0 saturated carbocycles. The first-order valence-corrected chi connectivity index (χ1v) is 7.81. The Balaban J connectivity index is 2.14. The minimum absolute atomic E-state index is 0.00394. The van der Waals surface area contributed by atoms with Crippen molar-refractivity contribution in [1.82, 2.24) is 9.78 Å². The molecule has 120 valence electrons. The Morgan fingerprint density at radius 2 is 1.95 bits per heavy atom. The highest BCUT2D eigenvalue weighted by molar-refractivity contribution is 7.92. The Kier molecular flexibility index (Phi) is 4.65. The van der Waals surface area contributed by atoms with E-state index in [1.165, 1.54) is 28.9 Å². The minimum atomic E-state index is -3.79. The van der Waals surface area contributed by atoms with Crippen LogP contribution in [0.15, 0.2) is 35.2 Å². The molecule has 0 radical (unpaired) electrons. The minimum Gasteiger partial charge on any atom is -0.488 e. The molecule has 0 amide bonds. The van der Waals surface area contributed by atoms with Crippen molar-refractivity contribution in [2.45, 2.75) is 18.2 Å². The van der Waals surface area contributed by atoms with Crippen molar-refractivity contribution in [3.05, 3.63) is 36.0 Å². The molecular formula is C13H15F2N3O3S. The molecule has 0 fully saturated rings. The summed E-state index contributed by atoms with van der Waals surface area (Å²) < 4.78 is 57.1. The first-order chi connectivity index (χ1) is 10.3. The lowest BCUT2D eigenvalue weighted by atomic mass is 10.3. The highest BCUT2D eigenvalue weighted by atomic mass is 32.2. The first kappa shape index (κ1) is 16.2. The van der Waals surface area contributed by atoms with Gasteiger partial charge in [-0.05, 0) is 31.2 Å². The van der Waals surface area contributed by atoms with Gasteiger partial charge in [0, 0.05) is 13.1 Å². The maximum Gasteiger partial charge on any atom is 0.272 e. The number of sulfonamides is 1. The van der Waals surface area contributed by atoms with Gasteiger partial charge in [0.15, 0.2) is 0 Å². The third-order valence-electron chi connectivity index (χ3n) is 2.75. The fourth-order valence-electron chi connectivity index (χ4n) is 1.78. The quantitative estimate of drug-likeness (QED) is 0.880. The number of benzene rings is 1. The van der Waals surface area contributed by atoms with Crippen LogP contribution < -0.4 is 9.46 Å². The van der Waals surface area contributed by atoms with Crippen molar-refractivity contribution in [2.24, 2.45) is 7.05 Å². The van der Waals surface area contributed by atoms with Crippen LogP contribution in [0, 0.1) is 6.92 Å². The molecule has 0 aliphatic rings. The number of rotatable bonds is 6. The van der Waals surface area contributed by atoms with Gasteiger partial charge in [-0.15, -0.1) is 0 Å². The van der Waals surface area contributed by atoms with Crippen LogP contribution in [0.3, 0.4) is 0 Å². The average Bonchev–Trinajstić information content (AvgIpc) is 2.74. The Hall–Kier alpha value is -2.16. The van der Waals surface area contributed by atoms with E-state index in [-0.39, 0.29) is 10.6 Å². The van der Waals surface area contributed by atoms with Gasteiger partial charge in [-0.3, -0.25) is 9.40 Å². The van der Waals surface area contributed by atoms with Gasteiger partial charge in [0.05, 0.1) is 10.6 Å². The summed E-state index contributed by atoms with van der Waals surface area (Å²) in [5, 5.41) is 4.04. The lowest BCUT2D eigenvalue weighted by Gasteiger charge is -2.09. The van der Waals surface area contributed by atoms with Crippen LogP contribution in [0.1, 0.15) is 5.69 Å². The van der Waals surface area contributed by atoms with Crippen LogP contribution in [0.4, 0.5) is 14.6 Å². The summed E-state index contributed by atoms with van der Waals surface area (Å²) >= 11 is 0. The highest BCUT2D eigenvalue weighted by Crippen LogP contribution is 2.19. The van der Waals surface area contributed by atoms with Crippen LogP contribution >= 0.6 is 0 Å². The third-order valence-corrected chi connectivity index (χ3v) is 4.12. The van der Waals surface area contributed by atoms with Crippen LogP contribution in [-0.4, -0.2) is 31.2 Å². The summed E-state index contributed by atoms with van der Waals surface area (Å²) in [5.41, 5.74) is 0.677. The first-order valence-electron chi connectivity index (χ1n) is 6.32. The molecule has 6 nitrogen and oxygen atoms in total. The summed E-state index contributed by atoms with van der Waals surface area (Å²) in [5.74, 6) is 0.506. The van der Waals surface area contributed by atoms with Crippen molar-refractivity contribution in [3.8, 4) is 5.75 Å². The summed E-state index contributed by atoms with van der Waals surface area (Å²) in [6, 6.07) is 6.81. The molecule has 1 N–H and O–H groups in total. The predicted octanol–water partition coefficient (Wildman–Crippen LogP) is 2.17. The van der Waals surface area contributed by atoms with E-state index in [1.807, 2.05) is 0 Å². The van der Waals surface area contributed by atoms with Gasteiger partial charge in [-0.2, -0.15) is 5.10 Å². The number of halogens is 2. The fraction of sp³-hybridized carbons (Fsp3) is 0.308. The van der Waals surface area contributed by atoms with Crippen LogP contribution in [-0.2, 0) is 17.1 Å². The van der Waals surface area contributed by atoms with E-state index < -0.39 is 23.1 Å². The van der Waals surface area contributed by atoms with Gasteiger partial charge in [0.1, 0.15) is 18.2 Å². The average molecular weight is 331 g/mol. The maximum atomic E-state index is 12.2. The predicted molar refractivity (Wildman–Crippen MR) is 76.7 cm³/mol. The fourth-order valence-corrected chi connectivity index (χ4v) is 2.86. The number of anilines is 1. The zero-order valence-corrected chi connectivity index (χ0v) is 12.8. The summed E-state index contributed by atoms with van der Waals surface area (Å²) in [6.45, 7) is 1.01. The van der Waals surface area contributed by atoms with E-state index in [0.717, 1.165) is 0 Å². The number of ether oxygens (including phenoxy) is 1. The Labute approximate surface area is 126 Å². The topological polar surface area (TPSA) is 73.2 Å². The second-order valence-electron chi connectivity index (χ2n) is 4.57. The zero-order valence-electron chi connectivity index (χ0n) is 12.0. The van der Waals surface area contributed by atoms with E-state index >= 15 is 0 Å². The Morgan fingerprint density at radius 1 is 1.32 bits per heavy atom. The molecule has 0 spiro atoms. The SMILES string of the molecule is Cc1cc(NS(=O)(=O)c2ccc(OCC(F)F)cc2)n(C)n1. The van der Waals surface area contributed by atoms with Gasteiger partial charge >= 0.3 is 0 Å². The van der Waals surface area contributed by atoms with E-state index in [0.29, 0.717) is 11.5 Å². The molecule has 1 heterocycles. The molecule has 0 atom stereocenters. The molecule has 0 unspecified atom stereocenters. The highest BCUT2D eigenvalue weighted by Gasteiger charge is 2.16. The smallest absolute Gasteiger partial charge is 0.272 e. The number of hydrogen-bond donors (Lipinski definition) is 1. The van der Waals surface area contributed by atoms with E-state index in [1.54, 1.807) is 20.0 Å². The van der Waals surface area contributed by atoms with Gasteiger partial charge in [0.2, 0.25) is 0 Å². The summed E-state index contributed by atoms with van der Waals surface area (Å²) in [7, 11) is -2.17. The van der Waals surface area contributed by atoms with Crippen molar-refractivity contribution >= 4 is 15.8 Å². The molecule has 1 aromatic heterocycles. The second kappa shape index (κ2) is 6.30. The Morgan fingerprint density at radius 3 is 2.45 bits per heavy atom. The molecule has 2 rings (SSSR count). The van der Waals surface area contributed by atoms with Crippen molar-refractivity contribution in [1.29, 1.82) is 0 Å². The number of nitrogens with one attached hydrogen (secondary N) is 1.